The average Bonchev–Trinajstić information content (AvgIpc) is 2.76. The lowest BCUT2D eigenvalue weighted by atomic mass is 10.1. The van der Waals surface area contributed by atoms with E-state index in [9.17, 15) is 0 Å². The molecule has 0 amide bonds. The van der Waals surface area contributed by atoms with Gasteiger partial charge in [0, 0.05) is 5.38 Å². The molecule has 2 aromatic rings. The highest BCUT2D eigenvalue weighted by Crippen LogP contribution is 2.23. The number of rotatable bonds is 4. The van der Waals surface area contributed by atoms with Crippen molar-refractivity contribution in [1.82, 2.24) is 4.98 Å². The van der Waals surface area contributed by atoms with E-state index in [4.69, 9.17) is 10.5 Å². The quantitative estimate of drug-likeness (QED) is 0.905. The van der Waals surface area contributed by atoms with E-state index in [0.29, 0.717) is 6.61 Å². The standard InChI is InChI=1S/C13H16N2OS/c1-3-16-11-6-4-10(5-7-11)13(14)12-8-17-9(2)15-12/h4-8,13H,3,14H2,1-2H3. The summed E-state index contributed by atoms with van der Waals surface area (Å²) in [6, 6.07) is 7.71. The van der Waals surface area contributed by atoms with Crippen LogP contribution in [0.3, 0.4) is 0 Å². The third kappa shape index (κ3) is 2.84. The summed E-state index contributed by atoms with van der Waals surface area (Å²) in [7, 11) is 0. The number of nitrogens with two attached hydrogens (primary N) is 1. The van der Waals surface area contributed by atoms with Crippen LogP contribution in [0, 0.1) is 6.92 Å². The summed E-state index contributed by atoms with van der Waals surface area (Å²) in [6.07, 6.45) is 0. The van der Waals surface area contributed by atoms with E-state index in [-0.39, 0.29) is 6.04 Å². The molecule has 1 aromatic heterocycles. The summed E-state index contributed by atoms with van der Waals surface area (Å²) in [4.78, 5) is 4.41. The van der Waals surface area contributed by atoms with Crippen molar-refractivity contribution in [3.8, 4) is 5.75 Å². The van der Waals surface area contributed by atoms with E-state index >= 15 is 0 Å². The molecule has 1 heterocycles. The second-order valence-electron chi connectivity index (χ2n) is 3.77. The Morgan fingerprint density at radius 2 is 2.06 bits per heavy atom. The first-order valence-corrected chi connectivity index (χ1v) is 6.49. The molecule has 0 saturated carbocycles. The zero-order valence-corrected chi connectivity index (χ0v) is 10.8. The van der Waals surface area contributed by atoms with Gasteiger partial charge in [0.2, 0.25) is 0 Å². The molecule has 0 fully saturated rings. The number of aromatic nitrogens is 1. The van der Waals surface area contributed by atoms with Gasteiger partial charge in [0.05, 0.1) is 23.4 Å². The molecule has 4 heteroatoms. The van der Waals surface area contributed by atoms with E-state index in [0.717, 1.165) is 22.0 Å². The highest BCUT2D eigenvalue weighted by Gasteiger charge is 2.11. The molecule has 0 spiro atoms. The van der Waals surface area contributed by atoms with Crippen LogP contribution in [0.25, 0.3) is 0 Å². The summed E-state index contributed by atoms with van der Waals surface area (Å²) in [5.74, 6) is 0.873. The predicted octanol–water partition coefficient (Wildman–Crippen LogP) is 2.90. The van der Waals surface area contributed by atoms with Gasteiger partial charge in [-0.3, -0.25) is 0 Å². The van der Waals surface area contributed by atoms with Gasteiger partial charge >= 0.3 is 0 Å². The fraction of sp³-hybridized carbons (Fsp3) is 0.308. The number of hydrogen-bond acceptors (Lipinski definition) is 4. The molecule has 1 atom stereocenters. The van der Waals surface area contributed by atoms with Crippen molar-refractivity contribution in [2.75, 3.05) is 6.61 Å². The van der Waals surface area contributed by atoms with Crippen molar-refractivity contribution >= 4 is 11.3 Å². The third-order valence-electron chi connectivity index (χ3n) is 2.51. The molecular weight excluding hydrogens is 232 g/mol. The van der Waals surface area contributed by atoms with Gasteiger partial charge in [0.15, 0.2) is 0 Å². The van der Waals surface area contributed by atoms with E-state index in [2.05, 4.69) is 4.98 Å². The molecule has 0 aliphatic carbocycles. The van der Waals surface area contributed by atoms with Crippen molar-refractivity contribution < 1.29 is 4.74 Å². The lowest BCUT2D eigenvalue weighted by Crippen LogP contribution is -2.12. The second-order valence-corrected chi connectivity index (χ2v) is 4.83. The maximum atomic E-state index is 6.16. The molecule has 0 radical (unpaired) electrons. The number of nitrogens with zero attached hydrogens (tertiary/aromatic N) is 1. The van der Waals surface area contributed by atoms with Crippen LogP contribution in [-0.4, -0.2) is 11.6 Å². The lowest BCUT2D eigenvalue weighted by Gasteiger charge is -2.10. The summed E-state index contributed by atoms with van der Waals surface area (Å²) in [5.41, 5.74) is 8.14. The molecule has 3 nitrogen and oxygen atoms in total. The Hall–Kier alpha value is -1.39. The fourth-order valence-corrected chi connectivity index (χ4v) is 2.28. The van der Waals surface area contributed by atoms with Crippen LogP contribution in [0.5, 0.6) is 5.75 Å². The van der Waals surface area contributed by atoms with E-state index in [1.54, 1.807) is 11.3 Å². The Balaban J connectivity index is 2.16. The Bertz CT molecular complexity index is 478. The van der Waals surface area contributed by atoms with Crippen LogP contribution in [0.2, 0.25) is 0 Å². The Morgan fingerprint density at radius 3 is 2.59 bits per heavy atom. The maximum Gasteiger partial charge on any atom is 0.119 e. The van der Waals surface area contributed by atoms with Crippen LogP contribution >= 0.6 is 11.3 Å². The first-order valence-electron chi connectivity index (χ1n) is 5.61. The topological polar surface area (TPSA) is 48.1 Å². The normalized spacial score (nSPS) is 12.4. The summed E-state index contributed by atoms with van der Waals surface area (Å²) >= 11 is 1.62. The second kappa shape index (κ2) is 5.29. The monoisotopic (exact) mass is 248 g/mol. The first-order chi connectivity index (χ1) is 8.20. The Morgan fingerprint density at radius 1 is 1.35 bits per heavy atom. The van der Waals surface area contributed by atoms with Gasteiger partial charge in [0.1, 0.15) is 5.75 Å². The number of benzene rings is 1. The van der Waals surface area contributed by atoms with E-state index in [1.165, 1.54) is 0 Å². The van der Waals surface area contributed by atoms with Gasteiger partial charge in [0.25, 0.3) is 0 Å². The highest BCUT2D eigenvalue weighted by molar-refractivity contribution is 7.09. The average molecular weight is 248 g/mol. The molecular formula is C13H16N2OS. The zero-order valence-electron chi connectivity index (χ0n) is 10.0. The van der Waals surface area contributed by atoms with Gasteiger partial charge in [-0.2, -0.15) is 0 Å². The molecule has 0 aliphatic rings. The Labute approximate surface area is 105 Å². The molecule has 90 valence electrons. The minimum Gasteiger partial charge on any atom is -0.494 e. The smallest absolute Gasteiger partial charge is 0.119 e. The predicted molar refractivity (Wildman–Crippen MR) is 70.5 cm³/mol. The number of ether oxygens (including phenoxy) is 1. The van der Waals surface area contributed by atoms with Gasteiger partial charge in [-0.25, -0.2) is 4.98 Å². The highest BCUT2D eigenvalue weighted by atomic mass is 32.1. The molecule has 2 N–H and O–H groups in total. The van der Waals surface area contributed by atoms with E-state index in [1.807, 2.05) is 43.5 Å². The van der Waals surface area contributed by atoms with Crippen LogP contribution in [0.15, 0.2) is 29.6 Å². The van der Waals surface area contributed by atoms with Gasteiger partial charge < -0.3 is 10.5 Å². The third-order valence-corrected chi connectivity index (χ3v) is 3.30. The van der Waals surface area contributed by atoms with Gasteiger partial charge in [-0.05, 0) is 31.5 Å². The summed E-state index contributed by atoms with van der Waals surface area (Å²) in [5, 5.41) is 3.05. The summed E-state index contributed by atoms with van der Waals surface area (Å²) in [6.45, 7) is 4.63. The number of hydrogen-bond donors (Lipinski definition) is 1. The number of thiazole rings is 1. The molecule has 0 bridgehead atoms. The van der Waals surface area contributed by atoms with Crippen molar-refractivity contribution in [3.63, 3.8) is 0 Å². The number of aryl methyl sites for hydroxylation is 1. The molecule has 2 rings (SSSR count). The lowest BCUT2D eigenvalue weighted by molar-refractivity contribution is 0.340. The molecule has 1 unspecified atom stereocenters. The van der Waals surface area contributed by atoms with E-state index < -0.39 is 0 Å². The minimum absolute atomic E-state index is 0.157. The van der Waals surface area contributed by atoms with Crippen LogP contribution in [0.1, 0.15) is 29.2 Å². The maximum absolute atomic E-state index is 6.16. The molecule has 0 saturated heterocycles. The van der Waals surface area contributed by atoms with Gasteiger partial charge in [-0.15, -0.1) is 11.3 Å². The molecule has 0 aliphatic heterocycles. The van der Waals surface area contributed by atoms with Crippen molar-refractivity contribution in [1.29, 1.82) is 0 Å². The largest absolute Gasteiger partial charge is 0.494 e. The Kier molecular flexibility index (Phi) is 3.76. The van der Waals surface area contributed by atoms with Gasteiger partial charge in [-0.1, -0.05) is 12.1 Å². The minimum atomic E-state index is -0.157. The summed E-state index contributed by atoms with van der Waals surface area (Å²) < 4.78 is 5.40. The van der Waals surface area contributed by atoms with Crippen LogP contribution in [0.4, 0.5) is 0 Å². The van der Waals surface area contributed by atoms with Crippen LogP contribution < -0.4 is 10.5 Å². The van der Waals surface area contributed by atoms with Crippen molar-refractivity contribution in [2.24, 2.45) is 5.73 Å². The van der Waals surface area contributed by atoms with Crippen LogP contribution in [-0.2, 0) is 0 Å². The first kappa shape index (κ1) is 12.1. The SMILES string of the molecule is CCOc1ccc(C(N)c2csc(C)n2)cc1. The van der Waals surface area contributed by atoms with Crippen molar-refractivity contribution in [2.45, 2.75) is 19.9 Å². The zero-order chi connectivity index (χ0) is 12.3. The van der Waals surface area contributed by atoms with Crippen molar-refractivity contribution in [3.05, 3.63) is 45.9 Å². The fourth-order valence-electron chi connectivity index (χ4n) is 1.63. The molecule has 1 aromatic carbocycles. The molecule has 17 heavy (non-hydrogen) atoms.